The minimum Gasteiger partial charge on any atom is -0.486 e. The van der Waals surface area contributed by atoms with Gasteiger partial charge in [-0.05, 0) is 29.8 Å². The van der Waals surface area contributed by atoms with E-state index in [0.29, 0.717) is 19.3 Å². The van der Waals surface area contributed by atoms with Crippen LogP contribution in [0, 0.1) is 10.1 Å². The van der Waals surface area contributed by atoms with E-state index in [9.17, 15) is 14.9 Å². The summed E-state index contributed by atoms with van der Waals surface area (Å²) in [7, 11) is 0. The minimum absolute atomic E-state index is 0.162. The van der Waals surface area contributed by atoms with Crippen molar-refractivity contribution in [1.82, 2.24) is 4.98 Å². The largest absolute Gasteiger partial charge is 0.486 e. The number of nitro benzene ring substituents is 1. The van der Waals surface area contributed by atoms with Gasteiger partial charge in [-0.3, -0.25) is 19.9 Å². The molecule has 1 aromatic carbocycles. The van der Waals surface area contributed by atoms with Crippen molar-refractivity contribution in [3.63, 3.8) is 0 Å². The van der Waals surface area contributed by atoms with Crippen molar-refractivity contribution in [3.8, 4) is 5.75 Å². The number of nitrogens with zero attached hydrogens (tertiary/aromatic N) is 2. The highest BCUT2D eigenvalue weighted by Crippen LogP contribution is 2.27. The molecule has 0 unspecified atom stereocenters. The quantitative estimate of drug-likeness (QED) is 0.458. The highest BCUT2D eigenvalue weighted by Gasteiger charge is 2.15. The number of benzene rings is 1. The van der Waals surface area contributed by atoms with E-state index in [0.717, 1.165) is 5.56 Å². The Morgan fingerprint density at radius 3 is 2.65 bits per heavy atom. The Bertz CT molecular complexity index is 614. The van der Waals surface area contributed by atoms with Crippen LogP contribution in [0.15, 0.2) is 42.7 Å². The zero-order valence-electron chi connectivity index (χ0n) is 10.6. The third kappa shape index (κ3) is 3.38. The normalized spacial score (nSPS) is 10.0. The lowest BCUT2D eigenvalue weighted by Crippen LogP contribution is -2.04. The van der Waals surface area contributed by atoms with Crippen LogP contribution in [-0.2, 0) is 6.42 Å². The van der Waals surface area contributed by atoms with Gasteiger partial charge in [0.15, 0.2) is 5.75 Å². The summed E-state index contributed by atoms with van der Waals surface area (Å²) >= 11 is 0. The first-order chi connectivity index (χ1) is 9.70. The van der Waals surface area contributed by atoms with Gasteiger partial charge in [0.05, 0.1) is 11.5 Å². The number of nitro groups is 1. The van der Waals surface area contributed by atoms with Crippen molar-refractivity contribution in [2.24, 2.45) is 0 Å². The zero-order chi connectivity index (χ0) is 14.4. The van der Waals surface area contributed by atoms with Gasteiger partial charge in [-0.25, -0.2) is 0 Å². The molecule has 0 aliphatic carbocycles. The van der Waals surface area contributed by atoms with Gasteiger partial charge in [0.2, 0.25) is 0 Å². The number of carbonyl (C=O) groups excluding carboxylic acids is 1. The molecule has 0 spiro atoms. The molecule has 20 heavy (non-hydrogen) atoms. The van der Waals surface area contributed by atoms with Crippen LogP contribution in [0.4, 0.5) is 5.69 Å². The second-order valence-electron chi connectivity index (χ2n) is 4.06. The van der Waals surface area contributed by atoms with E-state index in [-0.39, 0.29) is 17.0 Å². The zero-order valence-corrected chi connectivity index (χ0v) is 10.6. The molecule has 0 atom stereocenters. The number of carbonyl (C=O) groups is 1. The SMILES string of the molecule is O=Cc1ccc(OCCc2ccncc2)c([N+](=O)[O-])c1. The molecule has 102 valence electrons. The van der Waals surface area contributed by atoms with Gasteiger partial charge in [0.25, 0.3) is 0 Å². The topological polar surface area (TPSA) is 82.3 Å². The summed E-state index contributed by atoms with van der Waals surface area (Å²) < 4.78 is 5.42. The van der Waals surface area contributed by atoms with Crippen molar-refractivity contribution in [1.29, 1.82) is 0 Å². The van der Waals surface area contributed by atoms with Crippen molar-refractivity contribution < 1.29 is 14.5 Å². The summed E-state index contributed by atoms with van der Waals surface area (Å²) in [6.45, 7) is 0.311. The second-order valence-corrected chi connectivity index (χ2v) is 4.06. The van der Waals surface area contributed by atoms with Crippen LogP contribution >= 0.6 is 0 Å². The van der Waals surface area contributed by atoms with Crippen LogP contribution in [0.3, 0.4) is 0 Å². The van der Waals surface area contributed by atoms with E-state index in [4.69, 9.17) is 4.74 Å². The maximum atomic E-state index is 10.9. The molecule has 0 bridgehead atoms. The van der Waals surface area contributed by atoms with Crippen LogP contribution in [0.25, 0.3) is 0 Å². The fourth-order valence-corrected chi connectivity index (χ4v) is 1.70. The predicted molar refractivity (Wildman–Crippen MR) is 71.9 cm³/mol. The molecular formula is C14H12N2O4. The molecule has 0 fully saturated rings. The lowest BCUT2D eigenvalue weighted by Gasteiger charge is -2.07. The Hall–Kier alpha value is -2.76. The molecular weight excluding hydrogens is 260 g/mol. The van der Waals surface area contributed by atoms with E-state index in [1.165, 1.54) is 18.2 Å². The number of hydrogen-bond donors (Lipinski definition) is 0. The predicted octanol–water partition coefficient (Wildman–Crippen LogP) is 2.42. The second kappa shape index (κ2) is 6.42. The van der Waals surface area contributed by atoms with Gasteiger partial charge in [-0.1, -0.05) is 0 Å². The van der Waals surface area contributed by atoms with E-state index in [2.05, 4.69) is 4.98 Å². The fourth-order valence-electron chi connectivity index (χ4n) is 1.70. The third-order valence-electron chi connectivity index (χ3n) is 2.71. The lowest BCUT2D eigenvalue weighted by atomic mass is 10.2. The van der Waals surface area contributed by atoms with Crippen LogP contribution in [0.5, 0.6) is 5.75 Å². The number of ether oxygens (including phenoxy) is 1. The summed E-state index contributed by atoms with van der Waals surface area (Å²) in [5, 5.41) is 10.9. The molecule has 0 saturated heterocycles. The Balaban J connectivity index is 2.05. The number of hydrogen-bond acceptors (Lipinski definition) is 5. The molecule has 0 radical (unpaired) electrons. The molecule has 0 amide bonds. The Labute approximate surface area is 115 Å². The van der Waals surface area contributed by atoms with E-state index in [1.807, 2.05) is 12.1 Å². The van der Waals surface area contributed by atoms with Crippen LogP contribution in [0.1, 0.15) is 15.9 Å². The Kier molecular flexibility index (Phi) is 4.39. The maximum Gasteiger partial charge on any atom is 0.311 e. The van der Waals surface area contributed by atoms with Gasteiger partial charge >= 0.3 is 5.69 Å². The fraction of sp³-hybridized carbons (Fsp3) is 0.143. The van der Waals surface area contributed by atoms with Crippen LogP contribution in [-0.4, -0.2) is 22.8 Å². The highest BCUT2D eigenvalue weighted by atomic mass is 16.6. The maximum absolute atomic E-state index is 10.9. The third-order valence-corrected chi connectivity index (χ3v) is 2.71. The Morgan fingerprint density at radius 2 is 2.00 bits per heavy atom. The van der Waals surface area contributed by atoms with Crippen molar-refractivity contribution in [2.75, 3.05) is 6.61 Å². The molecule has 6 nitrogen and oxygen atoms in total. The number of pyridine rings is 1. The summed E-state index contributed by atoms with van der Waals surface area (Å²) in [4.78, 5) is 24.9. The molecule has 1 aromatic heterocycles. The van der Waals surface area contributed by atoms with Crippen molar-refractivity contribution >= 4 is 12.0 Å². The summed E-state index contributed by atoms with van der Waals surface area (Å²) in [6.07, 6.45) is 4.54. The molecule has 0 N–H and O–H groups in total. The number of rotatable bonds is 6. The first-order valence-corrected chi connectivity index (χ1v) is 5.96. The molecule has 0 aliphatic heterocycles. The van der Waals surface area contributed by atoms with Crippen molar-refractivity contribution in [3.05, 3.63) is 64.0 Å². The number of aromatic nitrogens is 1. The smallest absolute Gasteiger partial charge is 0.311 e. The average molecular weight is 272 g/mol. The highest BCUT2D eigenvalue weighted by molar-refractivity contribution is 5.77. The average Bonchev–Trinajstić information content (AvgIpc) is 2.48. The van der Waals surface area contributed by atoms with E-state index >= 15 is 0 Å². The molecule has 0 aliphatic rings. The van der Waals surface area contributed by atoms with E-state index < -0.39 is 4.92 Å². The van der Waals surface area contributed by atoms with Gasteiger partial charge < -0.3 is 4.74 Å². The summed E-state index contributed by atoms with van der Waals surface area (Å²) in [5.41, 5.74) is 1.08. The first-order valence-electron chi connectivity index (χ1n) is 5.96. The molecule has 6 heteroatoms. The lowest BCUT2D eigenvalue weighted by molar-refractivity contribution is -0.385. The number of aldehydes is 1. The molecule has 2 rings (SSSR count). The van der Waals surface area contributed by atoms with Gasteiger partial charge in [0.1, 0.15) is 6.29 Å². The standard InChI is InChI=1S/C14H12N2O4/c17-10-12-1-2-14(13(9-12)16(18)19)20-8-5-11-3-6-15-7-4-11/h1-4,6-7,9-10H,5,8H2. The van der Waals surface area contributed by atoms with Crippen molar-refractivity contribution in [2.45, 2.75) is 6.42 Å². The molecule has 2 aromatic rings. The molecule has 1 heterocycles. The monoisotopic (exact) mass is 272 g/mol. The Morgan fingerprint density at radius 1 is 1.25 bits per heavy atom. The van der Waals surface area contributed by atoms with Gasteiger partial charge in [-0.2, -0.15) is 0 Å². The molecule has 0 saturated carbocycles. The summed E-state index contributed by atoms with van der Waals surface area (Å²) in [5.74, 6) is 0.162. The first kappa shape index (κ1) is 13.7. The van der Waals surface area contributed by atoms with Gasteiger partial charge in [-0.15, -0.1) is 0 Å². The minimum atomic E-state index is -0.561. The van der Waals surface area contributed by atoms with Crippen LogP contribution < -0.4 is 4.74 Å². The van der Waals surface area contributed by atoms with E-state index in [1.54, 1.807) is 12.4 Å². The van der Waals surface area contributed by atoms with Gasteiger partial charge in [0, 0.05) is 30.4 Å². The summed E-state index contributed by atoms with van der Waals surface area (Å²) in [6, 6.07) is 7.84. The van der Waals surface area contributed by atoms with Crippen LogP contribution in [0.2, 0.25) is 0 Å².